The number of aliphatic hydroxyl groups is 1. The van der Waals surface area contributed by atoms with E-state index in [1.807, 2.05) is 11.9 Å². The lowest BCUT2D eigenvalue weighted by Gasteiger charge is -2.38. The smallest absolute Gasteiger partial charge is 0.407 e. The minimum absolute atomic E-state index is 0.117. The molecule has 14 nitrogen and oxygen atoms in total. The Morgan fingerprint density at radius 1 is 1.13 bits per heavy atom. The van der Waals surface area contributed by atoms with Crippen molar-refractivity contribution in [3.63, 3.8) is 0 Å². The number of carbonyl (C=O) groups excluding carboxylic acids is 1. The molecule has 4 aliphatic rings. The van der Waals surface area contributed by atoms with Gasteiger partial charge in [0.2, 0.25) is 15.9 Å². The zero-order valence-electron chi connectivity index (χ0n) is 25.0. The van der Waals surface area contributed by atoms with Crippen LogP contribution in [0.1, 0.15) is 32.1 Å². The Morgan fingerprint density at radius 2 is 1.91 bits per heavy atom. The number of nitrogens with one attached hydrogen (secondary N) is 1. The average molecular weight is 667 g/mol. The molecule has 3 fully saturated rings. The maximum atomic E-state index is 13.4. The fraction of sp³-hybridized carbons (Fsp3) is 0.586. The van der Waals surface area contributed by atoms with Gasteiger partial charge in [0.05, 0.1) is 41.1 Å². The highest BCUT2D eigenvalue weighted by atomic mass is 32.2. The molecule has 246 valence electrons. The summed E-state index contributed by atoms with van der Waals surface area (Å²) in [7, 11) is -5.26. The monoisotopic (exact) mass is 666 g/mol. The van der Waals surface area contributed by atoms with Crippen LogP contribution in [0.3, 0.4) is 0 Å². The molecule has 0 unspecified atom stereocenters. The van der Waals surface area contributed by atoms with Crippen LogP contribution in [-0.4, -0.2) is 113 Å². The summed E-state index contributed by atoms with van der Waals surface area (Å²) >= 11 is 0. The van der Waals surface area contributed by atoms with Crippen molar-refractivity contribution in [2.45, 2.75) is 64.9 Å². The number of alkyl carbamates (subject to hydrolysis) is 1. The third kappa shape index (κ3) is 6.99. The fourth-order valence-corrected chi connectivity index (χ4v) is 8.95. The first-order valence-electron chi connectivity index (χ1n) is 15.0. The van der Waals surface area contributed by atoms with Gasteiger partial charge in [-0.1, -0.05) is 6.07 Å². The van der Waals surface area contributed by atoms with Gasteiger partial charge >= 0.3 is 6.09 Å². The first kappa shape index (κ1) is 31.8. The Balaban J connectivity index is 0.935. The molecule has 0 radical (unpaired) electrons. The molecule has 2 atom stereocenters. The molecule has 2 aromatic rings. The summed E-state index contributed by atoms with van der Waals surface area (Å²) in [6.07, 6.45) is 2.25. The van der Waals surface area contributed by atoms with Crippen LogP contribution in [0.2, 0.25) is 0 Å². The van der Waals surface area contributed by atoms with E-state index in [-0.39, 0.29) is 54.0 Å². The van der Waals surface area contributed by atoms with Gasteiger partial charge in [0.1, 0.15) is 42.3 Å². The number of sulfonamides is 1. The van der Waals surface area contributed by atoms with E-state index >= 15 is 0 Å². The topological polar surface area (TPSA) is 174 Å². The van der Waals surface area contributed by atoms with Crippen LogP contribution < -0.4 is 19.7 Å². The molecule has 2 saturated heterocycles. The summed E-state index contributed by atoms with van der Waals surface area (Å²) in [5, 5.41) is 12.7. The highest BCUT2D eigenvalue weighted by Crippen LogP contribution is 2.38. The number of anilines is 1. The number of ether oxygens (including phenoxy) is 4. The highest BCUT2D eigenvalue weighted by molar-refractivity contribution is 7.92. The van der Waals surface area contributed by atoms with Crippen molar-refractivity contribution in [3.8, 4) is 11.6 Å². The molecule has 4 heterocycles. The number of hydrogen-bond acceptors (Lipinski definition) is 12. The van der Waals surface area contributed by atoms with Crippen molar-refractivity contribution in [2.75, 3.05) is 58.0 Å². The van der Waals surface area contributed by atoms with E-state index in [0.29, 0.717) is 62.6 Å². The lowest BCUT2D eigenvalue weighted by atomic mass is 9.88. The Morgan fingerprint density at radius 3 is 2.67 bits per heavy atom. The molecule has 1 amide bonds. The van der Waals surface area contributed by atoms with Gasteiger partial charge < -0.3 is 34.3 Å². The summed E-state index contributed by atoms with van der Waals surface area (Å²) in [5.74, 6) is 0.720. The van der Waals surface area contributed by atoms with Gasteiger partial charge in [-0.15, -0.1) is 0 Å². The van der Waals surface area contributed by atoms with Gasteiger partial charge in [-0.3, -0.25) is 0 Å². The van der Waals surface area contributed by atoms with E-state index in [4.69, 9.17) is 18.9 Å². The molecule has 1 aromatic heterocycles. The first-order chi connectivity index (χ1) is 21.4. The molecule has 1 aromatic carbocycles. The molecule has 45 heavy (non-hydrogen) atoms. The van der Waals surface area contributed by atoms with E-state index in [2.05, 4.69) is 10.3 Å². The molecule has 1 saturated carbocycles. The third-order valence-electron chi connectivity index (χ3n) is 8.63. The second kappa shape index (κ2) is 12.5. The molecular formula is C29H38N4O10S2. The zero-order valence-corrected chi connectivity index (χ0v) is 26.6. The van der Waals surface area contributed by atoms with Crippen molar-refractivity contribution in [3.05, 3.63) is 36.5 Å². The van der Waals surface area contributed by atoms with E-state index in [9.17, 15) is 26.7 Å². The van der Waals surface area contributed by atoms with Crippen molar-refractivity contribution < 1.29 is 45.7 Å². The molecule has 0 bridgehead atoms. The number of nitrogens with zero attached hydrogens (tertiary/aromatic N) is 3. The third-order valence-corrected chi connectivity index (χ3v) is 12.8. The molecule has 2 N–H and O–H groups in total. The summed E-state index contributed by atoms with van der Waals surface area (Å²) in [4.78, 5) is 18.9. The maximum Gasteiger partial charge on any atom is 0.407 e. The molecule has 6 rings (SSSR count). The number of piperidine rings is 1. The standard InChI is InChI=1S/C29H38N4O10S2/c1-32-11-12-40-27-26(32)14-25(16-30-27)45(38,39)33-9-7-29(8-10-33)15-20(17-43-29)31-28(35)42-19-21(34)18-41-22-3-2-4-24(13-22)44(36,37)23-5-6-23/h2-4,13-14,16,20-21,23,34H,5-12,15,17-19H2,1H3,(H,31,35)/t20-,21+/m1/s1. The number of amides is 1. The number of likely N-dealkylation sites (N-methyl/N-ethyl adjacent to an activating group) is 1. The average Bonchev–Trinajstić information content (AvgIpc) is 3.83. The SMILES string of the molecule is CN1CCOc2ncc(S(=O)(=O)N3CCC4(CC3)C[C@@H](NC(=O)OC[C@@H](O)COc3cccc(S(=O)(=O)C5CC5)c3)CO4)cc21. The number of sulfone groups is 1. The number of hydrogen-bond donors (Lipinski definition) is 2. The number of carbonyl (C=O) groups is 1. The van der Waals surface area contributed by atoms with Gasteiger partial charge in [0.15, 0.2) is 9.84 Å². The van der Waals surface area contributed by atoms with Gasteiger partial charge in [-0.2, -0.15) is 4.31 Å². The van der Waals surface area contributed by atoms with E-state index in [0.717, 1.165) is 0 Å². The van der Waals surface area contributed by atoms with E-state index in [1.165, 1.54) is 22.6 Å². The minimum atomic E-state index is -3.76. The lowest BCUT2D eigenvalue weighted by molar-refractivity contribution is -0.0312. The Kier molecular flexibility index (Phi) is 8.86. The van der Waals surface area contributed by atoms with Crippen molar-refractivity contribution in [1.29, 1.82) is 0 Å². The summed E-state index contributed by atoms with van der Waals surface area (Å²) < 4.78 is 75.4. The van der Waals surface area contributed by atoms with Gasteiger partial charge in [-0.05, 0) is 56.4 Å². The zero-order chi connectivity index (χ0) is 31.8. The van der Waals surface area contributed by atoms with E-state index < -0.39 is 37.7 Å². The predicted molar refractivity (Wildman–Crippen MR) is 161 cm³/mol. The molecular weight excluding hydrogens is 628 g/mol. The van der Waals surface area contributed by atoms with Crippen LogP contribution in [0.4, 0.5) is 10.5 Å². The molecule has 1 spiro atoms. The van der Waals surface area contributed by atoms with Crippen LogP contribution in [0.15, 0.2) is 46.3 Å². The van der Waals surface area contributed by atoms with Crippen LogP contribution in [0.5, 0.6) is 11.6 Å². The second-order valence-corrected chi connectivity index (χ2v) is 16.2. The van der Waals surface area contributed by atoms with Crippen LogP contribution in [0, 0.1) is 0 Å². The Labute approximate surface area is 262 Å². The predicted octanol–water partition coefficient (Wildman–Crippen LogP) is 1.32. The Hall–Kier alpha value is -3.18. The second-order valence-electron chi connectivity index (χ2n) is 12.0. The number of pyridine rings is 1. The number of benzene rings is 1. The van der Waals surface area contributed by atoms with Crippen LogP contribution >= 0.6 is 0 Å². The van der Waals surface area contributed by atoms with Crippen LogP contribution in [-0.2, 0) is 29.3 Å². The number of fused-ring (bicyclic) bond motifs is 1. The Bertz CT molecular complexity index is 1630. The van der Waals surface area contributed by atoms with E-state index in [1.54, 1.807) is 18.2 Å². The fourth-order valence-electron chi connectivity index (χ4n) is 5.85. The van der Waals surface area contributed by atoms with Gasteiger partial charge in [0.25, 0.3) is 0 Å². The minimum Gasteiger partial charge on any atom is -0.491 e. The van der Waals surface area contributed by atoms with Gasteiger partial charge in [0, 0.05) is 20.1 Å². The van der Waals surface area contributed by atoms with Crippen molar-refractivity contribution in [2.24, 2.45) is 0 Å². The lowest BCUT2D eigenvalue weighted by Crippen LogP contribution is -2.47. The quantitative estimate of drug-likeness (QED) is 0.373. The highest BCUT2D eigenvalue weighted by Gasteiger charge is 2.45. The molecule has 3 aliphatic heterocycles. The number of aromatic nitrogens is 1. The first-order valence-corrected chi connectivity index (χ1v) is 18.0. The number of rotatable bonds is 10. The van der Waals surface area contributed by atoms with Crippen molar-refractivity contribution >= 4 is 31.6 Å². The molecule has 16 heteroatoms. The largest absolute Gasteiger partial charge is 0.491 e. The summed E-state index contributed by atoms with van der Waals surface area (Å²) in [5.41, 5.74) is 0.0865. The normalized spacial score (nSPS) is 22.4. The maximum absolute atomic E-state index is 13.4. The number of aliphatic hydroxyl groups excluding tert-OH is 1. The molecule has 1 aliphatic carbocycles. The van der Waals surface area contributed by atoms with Gasteiger partial charge in [-0.25, -0.2) is 26.6 Å². The summed E-state index contributed by atoms with van der Waals surface area (Å²) in [6.45, 7) is 1.42. The van der Waals surface area contributed by atoms with Crippen molar-refractivity contribution in [1.82, 2.24) is 14.6 Å². The summed E-state index contributed by atoms with van der Waals surface area (Å²) in [6, 6.07) is 7.41. The van der Waals surface area contributed by atoms with Crippen LogP contribution in [0.25, 0.3) is 0 Å².